The molecule has 1 aliphatic heterocycles. The topological polar surface area (TPSA) is 77.0 Å². The van der Waals surface area contributed by atoms with Crippen LogP contribution in [0.3, 0.4) is 0 Å². The van der Waals surface area contributed by atoms with E-state index in [4.69, 9.17) is 14.2 Å². The average Bonchev–Trinajstić information content (AvgIpc) is 3.21. The van der Waals surface area contributed by atoms with Crippen molar-refractivity contribution in [1.29, 1.82) is 0 Å². The van der Waals surface area contributed by atoms with Gasteiger partial charge in [0.15, 0.2) is 0 Å². The fourth-order valence-electron chi connectivity index (χ4n) is 3.14. The Morgan fingerprint density at radius 3 is 2.37 bits per heavy atom. The Hall–Kier alpha value is -2.38. The molecule has 2 unspecified atom stereocenters. The number of hydrogen-bond donors (Lipinski definition) is 2. The van der Waals surface area contributed by atoms with Crippen LogP contribution in [0, 0.1) is 0 Å². The van der Waals surface area contributed by atoms with Gasteiger partial charge in [-0.15, -0.1) is 11.8 Å². The van der Waals surface area contributed by atoms with Gasteiger partial charge in [-0.25, -0.2) is 0 Å². The molecular formula is C23H29NO5S. The number of carboxylic acid groups (broad SMARTS) is 1. The van der Waals surface area contributed by atoms with E-state index in [0.717, 1.165) is 11.3 Å². The van der Waals surface area contributed by atoms with Crippen LogP contribution in [0.5, 0.6) is 17.2 Å². The summed E-state index contributed by atoms with van der Waals surface area (Å²) in [6.07, 6.45) is 0. The van der Waals surface area contributed by atoms with Crippen molar-refractivity contribution in [2.45, 2.75) is 37.6 Å². The molecule has 1 fully saturated rings. The maximum Gasteiger partial charge on any atom is 0.321 e. The first-order valence-corrected chi connectivity index (χ1v) is 11.0. The van der Waals surface area contributed by atoms with Crippen molar-refractivity contribution in [2.24, 2.45) is 0 Å². The number of thioether (sulfide) groups is 1. The van der Waals surface area contributed by atoms with Crippen LogP contribution in [-0.4, -0.2) is 43.2 Å². The molecule has 7 heteroatoms. The maximum atomic E-state index is 11.2. The van der Waals surface area contributed by atoms with Crippen LogP contribution in [-0.2, 0) is 10.2 Å². The van der Waals surface area contributed by atoms with Crippen molar-refractivity contribution in [2.75, 3.05) is 26.1 Å². The summed E-state index contributed by atoms with van der Waals surface area (Å²) < 4.78 is 17.1. The van der Waals surface area contributed by atoms with Crippen LogP contribution in [0.2, 0.25) is 0 Å². The Labute approximate surface area is 181 Å². The summed E-state index contributed by atoms with van der Waals surface area (Å²) in [5.41, 5.74) is 2.27. The van der Waals surface area contributed by atoms with Crippen LogP contribution in [0.1, 0.15) is 37.3 Å². The van der Waals surface area contributed by atoms with Gasteiger partial charge in [0, 0.05) is 17.4 Å². The minimum atomic E-state index is -0.841. The van der Waals surface area contributed by atoms with Crippen molar-refractivity contribution in [3.8, 4) is 17.2 Å². The van der Waals surface area contributed by atoms with Gasteiger partial charge in [-0.05, 0) is 35.2 Å². The van der Waals surface area contributed by atoms with Crippen molar-refractivity contribution >= 4 is 17.7 Å². The molecule has 1 heterocycles. The van der Waals surface area contributed by atoms with E-state index in [-0.39, 0.29) is 10.8 Å². The number of methoxy groups -OCH3 is 1. The van der Waals surface area contributed by atoms with E-state index in [2.05, 4.69) is 38.2 Å². The first-order chi connectivity index (χ1) is 14.3. The third-order valence-electron chi connectivity index (χ3n) is 4.91. The number of nitrogens with one attached hydrogen (secondary N) is 1. The van der Waals surface area contributed by atoms with Crippen molar-refractivity contribution in [3.05, 3.63) is 53.6 Å². The molecule has 0 bridgehead atoms. The average molecular weight is 432 g/mol. The van der Waals surface area contributed by atoms with Gasteiger partial charge < -0.3 is 19.3 Å². The first-order valence-electron chi connectivity index (χ1n) is 9.92. The number of ether oxygens (including phenoxy) is 3. The lowest BCUT2D eigenvalue weighted by atomic mass is 9.87. The molecular weight excluding hydrogens is 402 g/mol. The van der Waals surface area contributed by atoms with Crippen molar-refractivity contribution in [1.82, 2.24) is 5.32 Å². The summed E-state index contributed by atoms with van der Waals surface area (Å²) in [7, 11) is 1.60. The molecule has 6 nitrogen and oxygen atoms in total. The number of carbonyl (C=O) groups is 1. The maximum absolute atomic E-state index is 11.2. The lowest BCUT2D eigenvalue weighted by Crippen LogP contribution is -2.33. The third kappa shape index (κ3) is 5.61. The third-order valence-corrected chi connectivity index (χ3v) is 6.16. The molecule has 1 aliphatic rings. The van der Waals surface area contributed by atoms with Gasteiger partial charge >= 0.3 is 5.97 Å². The Morgan fingerprint density at radius 2 is 1.77 bits per heavy atom. The summed E-state index contributed by atoms with van der Waals surface area (Å²) in [4.78, 5) is 11.2. The number of aliphatic carboxylic acids is 1. The molecule has 2 N–H and O–H groups in total. The molecule has 0 radical (unpaired) electrons. The van der Waals surface area contributed by atoms with E-state index in [1.54, 1.807) is 18.9 Å². The van der Waals surface area contributed by atoms with Gasteiger partial charge in [-0.3, -0.25) is 10.1 Å². The molecule has 0 saturated carbocycles. The molecule has 162 valence electrons. The molecule has 0 aliphatic carbocycles. The quantitative estimate of drug-likeness (QED) is 0.606. The zero-order valence-electron chi connectivity index (χ0n) is 17.8. The minimum Gasteiger partial charge on any atom is -0.497 e. The van der Waals surface area contributed by atoms with Crippen LogP contribution in [0.4, 0.5) is 0 Å². The Kier molecular flexibility index (Phi) is 7.15. The van der Waals surface area contributed by atoms with Gasteiger partial charge in [-0.1, -0.05) is 32.9 Å². The second kappa shape index (κ2) is 9.62. The minimum absolute atomic E-state index is 0.107. The van der Waals surface area contributed by atoms with E-state index in [9.17, 15) is 9.90 Å². The van der Waals surface area contributed by atoms with Crippen LogP contribution in [0.15, 0.2) is 42.5 Å². The predicted octanol–water partition coefficient (Wildman–Crippen LogP) is 4.24. The van der Waals surface area contributed by atoms with E-state index in [1.807, 2.05) is 30.3 Å². The van der Waals surface area contributed by atoms with Crippen LogP contribution in [0.25, 0.3) is 0 Å². The van der Waals surface area contributed by atoms with E-state index >= 15 is 0 Å². The van der Waals surface area contributed by atoms with E-state index in [0.29, 0.717) is 30.5 Å². The molecule has 0 spiro atoms. The molecule has 2 atom stereocenters. The fourth-order valence-corrected chi connectivity index (χ4v) is 4.40. The number of benzene rings is 2. The second-order valence-electron chi connectivity index (χ2n) is 8.15. The highest BCUT2D eigenvalue weighted by Crippen LogP contribution is 2.39. The smallest absolute Gasteiger partial charge is 0.321 e. The lowest BCUT2D eigenvalue weighted by molar-refractivity contribution is -0.138. The largest absolute Gasteiger partial charge is 0.497 e. The Balaban J connectivity index is 1.60. The summed E-state index contributed by atoms with van der Waals surface area (Å²) in [6.45, 7) is 7.30. The molecule has 0 aromatic heterocycles. The first kappa shape index (κ1) is 22.3. The Bertz CT molecular complexity index is 863. The zero-order chi connectivity index (χ0) is 21.7. The fraction of sp³-hybridized carbons (Fsp3) is 0.435. The lowest BCUT2D eigenvalue weighted by Gasteiger charge is -2.19. The number of carboxylic acids is 1. The van der Waals surface area contributed by atoms with Gasteiger partial charge in [0.1, 0.15) is 36.5 Å². The van der Waals surface area contributed by atoms with E-state index in [1.165, 1.54) is 5.56 Å². The highest BCUT2D eigenvalue weighted by Gasteiger charge is 2.32. The van der Waals surface area contributed by atoms with Gasteiger partial charge in [-0.2, -0.15) is 0 Å². The summed E-state index contributed by atoms with van der Waals surface area (Å²) in [6, 6.07) is 13.1. The zero-order valence-corrected chi connectivity index (χ0v) is 18.6. The molecule has 30 heavy (non-hydrogen) atoms. The summed E-state index contributed by atoms with van der Waals surface area (Å²) >= 11 is 1.55. The molecule has 2 aromatic carbocycles. The summed E-state index contributed by atoms with van der Waals surface area (Å²) in [5, 5.41) is 12.2. The summed E-state index contributed by atoms with van der Waals surface area (Å²) in [5.74, 6) is 1.82. The van der Waals surface area contributed by atoms with Gasteiger partial charge in [0.2, 0.25) is 0 Å². The highest BCUT2D eigenvalue weighted by molar-refractivity contribution is 7.99. The number of rotatable bonds is 8. The van der Waals surface area contributed by atoms with Crippen molar-refractivity contribution in [3.63, 3.8) is 0 Å². The normalized spacial score (nSPS) is 18.8. The van der Waals surface area contributed by atoms with Gasteiger partial charge in [0.05, 0.1) is 12.5 Å². The Morgan fingerprint density at radius 1 is 1.10 bits per heavy atom. The second-order valence-corrected chi connectivity index (χ2v) is 9.28. The van der Waals surface area contributed by atoms with Crippen molar-refractivity contribution < 1.29 is 24.1 Å². The van der Waals surface area contributed by atoms with Gasteiger partial charge in [0.25, 0.3) is 0 Å². The van der Waals surface area contributed by atoms with Crippen LogP contribution < -0.4 is 19.5 Å². The molecule has 0 amide bonds. The molecule has 3 rings (SSSR count). The predicted molar refractivity (Wildman–Crippen MR) is 119 cm³/mol. The number of hydrogen-bond acceptors (Lipinski definition) is 6. The highest BCUT2D eigenvalue weighted by atomic mass is 32.2. The monoisotopic (exact) mass is 431 g/mol. The standard InChI is InChI=1S/C23H29NO5S/c1-23(2,3)15-5-7-16(8-6-15)28-11-12-29-20-13-17(27-4)9-10-18(20)21-24-19(14-30-21)22(25)26/h5-10,13,19,21,24H,11-12,14H2,1-4H3,(H,25,26). The van der Waals surface area contributed by atoms with Crippen LogP contribution >= 0.6 is 11.8 Å². The SMILES string of the molecule is COc1ccc(C2NC(C(=O)O)CS2)c(OCCOc2ccc(C(C)(C)C)cc2)c1. The van der Waals surface area contributed by atoms with E-state index < -0.39 is 12.0 Å². The molecule has 1 saturated heterocycles. The molecule has 2 aromatic rings.